The van der Waals surface area contributed by atoms with Crippen LogP contribution in [0.2, 0.25) is 0 Å². The van der Waals surface area contributed by atoms with Gasteiger partial charge in [-0.1, -0.05) is 25.1 Å². The van der Waals surface area contributed by atoms with E-state index in [0.717, 1.165) is 23.9 Å². The third kappa shape index (κ3) is 4.42. The number of nitrogens with one attached hydrogen (secondary N) is 1. The van der Waals surface area contributed by atoms with Gasteiger partial charge in [-0.05, 0) is 47.5 Å². The van der Waals surface area contributed by atoms with Crippen LogP contribution >= 0.6 is 11.8 Å². The highest BCUT2D eigenvalue weighted by Gasteiger charge is 2.37. The number of aliphatic hydroxyl groups excluding tert-OH is 1. The highest BCUT2D eigenvalue weighted by atomic mass is 32.2. The van der Waals surface area contributed by atoms with Crippen molar-refractivity contribution in [1.29, 1.82) is 0 Å². The smallest absolute Gasteiger partial charge is 0.286 e. The number of benzene rings is 1. The molecule has 1 aromatic carbocycles. The molecule has 1 saturated heterocycles. The summed E-state index contributed by atoms with van der Waals surface area (Å²) in [5.41, 5.74) is 2.75. The number of aromatic nitrogens is 1. The van der Waals surface area contributed by atoms with E-state index < -0.39 is 22.5 Å². The van der Waals surface area contributed by atoms with Crippen LogP contribution < -0.4 is 10.1 Å². The Balaban J connectivity index is 1.52. The number of carbonyl (C=O) groups is 2. The minimum atomic E-state index is -1.04. The first-order valence-corrected chi connectivity index (χ1v) is 9.31. The average Bonchev–Trinajstić information content (AvgIpc) is 3.00. The van der Waals surface area contributed by atoms with Crippen LogP contribution in [0.4, 0.5) is 4.79 Å². The molecule has 2 atom stereocenters. The molecule has 2 unspecified atom stereocenters. The number of aliphatic hydroxyl groups is 1. The first-order valence-electron chi connectivity index (χ1n) is 8.43. The summed E-state index contributed by atoms with van der Waals surface area (Å²) < 4.78 is 5.70. The van der Waals surface area contributed by atoms with E-state index in [9.17, 15) is 14.7 Å². The van der Waals surface area contributed by atoms with Crippen molar-refractivity contribution in [2.45, 2.75) is 31.1 Å². The Hall–Kier alpha value is -2.38. The van der Waals surface area contributed by atoms with Gasteiger partial charge in [0.25, 0.3) is 5.24 Å². The van der Waals surface area contributed by atoms with Gasteiger partial charge in [-0.25, -0.2) is 0 Å². The van der Waals surface area contributed by atoms with E-state index in [4.69, 9.17) is 4.74 Å². The number of aryl methyl sites for hydroxylation is 1. The van der Waals surface area contributed by atoms with Crippen LogP contribution in [0.15, 0.2) is 42.6 Å². The summed E-state index contributed by atoms with van der Waals surface area (Å²) in [7, 11) is 0. The molecule has 0 aliphatic carbocycles. The molecule has 1 aliphatic heterocycles. The van der Waals surface area contributed by atoms with Crippen molar-refractivity contribution < 1.29 is 19.4 Å². The van der Waals surface area contributed by atoms with Gasteiger partial charge in [0.2, 0.25) is 5.91 Å². The van der Waals surface area contributed by atoms with Gasteiger partial charge in [0.05, 0.1) is 6.61 Å². The standard InChI is InChI=1S/C19H20N2O4S/c1-2-12-3-6-14(20-11-12)9-10-25-15-7-4-13(5-8-15)16(22)17-18(23)21-19(24)26-17/h3-8,11,16-17,22H,2,9-10H2,1H3,(H,21,23,24). The number of imide groups is 1. The van der Waals surface area contributed by atoms with Gasteiger partial charge < -0.3 is 9.84 Å². The molecule has 2 heterocycles. The van der Waals surface area contributed by atoms with E-state index >= 15 is 0 Å². The topological polar surface area (TPSA) is 88.5 Å². The number of carbonyl (C=O) groups excluding carboxylic acids is 2. The Bertz CT molecular complexity index is 777. The molecule has 1 fully saturated rings. The van der Waals surface area contributed by atoms with Gasteiger partial charge in [0, 0.05) is 18.3 Å². The number of hydrogen-bond acceptors (Lipinski definition) is 6. The zero-order chi connectivity index (χ0) is 18.5. The van der Waals surface area contributed by atoms with Crippen LogP contribution in [0.1, 0.15) is 29.8 Å². The quantitative estimate of drug-likeness (QED) is 0.777. The van der Waals surface area contributed by atoms with E-state index in [-0.39, 0.29) is 0 Å². The molecule has 0 spiro atoms. The Morgan fingerprint density at radius 2 is 2.00 bits per heavy atom. The number of amides is 2. The molecule has 7 heteroatoms. The van der Waals surface area contributed by atoms with Gasteiger partial charge in [-0.3, -0.25) is 19.9 Å². The number of thioether (sulfide) groups is 1. The molecule has 2 aromatic rings. The molecular formula is C19H20N2O4S. The van der Waals surface area contributed by atoms with Gasteiger partial charge in [0.15, 0.2) is 0 Å². The second-order valence-electron chi connectivity index (χ2n) is 5.94. The summed E-state index contributed by atoms with van der Waals surface area (Å²) in [6.07, 6.45) is 2.52. The zero-order valence-corrected chi connectivity index (χ0v) is 15.2. The van der Waals surface area contributed by atoms with Gasteiger partial charge in [-0.15, -0.1) is 0 Å². The minimum Gasteiger partial charge on any atom is -0.493 e. The van der Waals surface area contributed by atoms with E-state index in [0.29, 0.717) is 24.3 Å². The van der Waals surface area contributed by atoms with Crippen LogP contribution in [0, 0.1) is 0 Å². The average molecular weight is 372 g/mol. The lowest BCUT2D eigenvalue weighted by molar-refractivity contribution is -0.120. The summed E-state index contributed by atoms with van der Waals surface area (Å²) in [4.78, 5) is 27.3. The monoisotopic (exact) mass is 372 g/mol. The Kier molecular flexibility index (Phi) is 5.90. The largest absolute Gasteiger partial charge is 0.493 e. The third-order valence-corrected chi connectivity index (χ3v) is 5.19. The molecule has 2 N–H and O–H groups in total. The third-order valence-electron chi connectivity index (χ3n) is 4.15. The van der Waals surface area contributed by atoms with E-state index in [1.165, 1.54) is 5.56 Å². The molecule has 136 valence electrons. The summed E-state index contributed by atoms with van der Waals surface area (Å²) in [5.74, 6) is 0.208. The van der Waals surface area contributed by atoms with E-state index in [1.54, 1.807) is 24.3 Å². The molecule has 0 saturated carbocycles. The van der Waals surface area contributed by atoms with Gasteiger partial charge >= 0.3 is 0 Å². The summed E-state index contributed by atoms with van der Waals surface area (Å²) >= 11 is 0.807. The second kappa shape index (κ2) is 8.33. The van der Waals surface area contributed by atoms with E-state index in [1.807, 2.05) is 12.3 Å². The molecule has 6 nitrogen and oxygen atoms in total. The van der Waals surface area contributed by atoms with Crippen molar-refractivity contribution in [1.82, 2.24) is 10.3 Å². The Morgan fingerprint density at radius 3 is 2.58 bits per heavy atom. The normalized spacial score (nSPS) is 17.8. The van der Waals surface area contributed by atoms with Crippen molar-refractivity contribution in [2.24, 2.45) is 0 Å². The van der Waals surface area contributed by atoms with Crippen molar-refractivity contribution in [2.75, 3.05) is 6.61 Å². The molecule has 26 heavy (non-hydrogen) atoms. The predicted molar refractivity (Wildman–Crippen MR) is 99.1 cm³/mol. The van der Waals surface area contributed by atoms with Gasteiger partial charge in [0.1, 0.15) is 17.1 Å². The number of rotatable bonds is 7. The lowest BCUT2D eigenvalue weighted by Crippen LogP contribution is -2.28. The van der Waals surface area contributed by atoms with Crippen molar-refractivity contribution >= 4 is 22.9 Å². The second-order valence-corrected chi connectivity index (χ2v) is 7.05. The highest BCUT2D eigenvalue weighted by molar-refractivity contribution is 8.15. The maximum atomic E-state index is 11.6. The first kappa shape index (κ1) is 18.4. The zero-order valence-electron chi connectivity index (χ0n) is 14.3. The van der Waals surface area contributed by atoms with Crippen molar-refractivity contribution in [3.8, 4) is 5.75 Å². The summed E-state index contributed by atoms with van der Waals surface area (Å²) in [6, 6.07) is 11.0. The van der Waals surface area contributed by atoms with Crippen LogP contribution in [0.25, 0.3) is 0 Å². The molecule has 0 radical (unpaired) electrons. The number of nitrogens with zero attached hydrogens (tertiary/aromatic N) is 1. The molecule has 1 aromatic heterocycles. The van der Waals surface area contributed by atoms with Gasteiger partial charge in [-0.2, -0.15) is 0 Å². The number of hydrogen-bond donors (Lipinski definition) is 2. The van der Waals surface area contributed by atoms with Crippen LogP contribution in [0.3, 0.4) is 0 Å². The fourth-order valence-electron chi connectivity index (χ4n) is 2.60. The maximum absolute atomic E-state index is 11.6. The highest BCUT2D eigenvalue weighted by Crippen LogP contribution is 2.31. The molecule has 2 amide bonds. The van der Waals surface area contributed by atoms with Crippen molar-refractivity contribution in [3.05, 3.63) is 59.4 Å². The lowest BCUT2D eigenvalue weighted by atomic mass is 10.1. The minimum absolute atomic E-state index is 0.431. The van der Waals surface area contributed by atoms with Crippen LogP contribution in [0.5, 0.6) is 5.75 Å². The fraction of sp³-hybridized carbons (Fsp3) is 0.316. The first-order chi connectivity index (χ1) is 12.6. The summed E-state index contributed by atoms with van der Waals surface area (Å²) in [6.45, 7) is 2.59. The molecule has 0 bridgehead atoms. The Labute approximate surface area is 156 Å². The van der Waals surface area contributed by atoms with Crippen LogP contribution in [-0.4, -0.2) is 33.1 Å². The Morgan fingerprint density at radius 1 is 1.23 bits per heavy atom. The molecule has 1 aliphatic rings. The number of ether oxygens (including phenoxy) is 1. The van der Waals surface area contributed by atoms with E-state index in [2.05, 4.69) is 23.3 Å². The molecular weight excluding hydrogens is 352 g/mol. The number of pyridine rings is 1. The van der Waals surface area contributed by atoms with Crippen molar-refractivity contribution in [3.63, 3.8) is 0 Å². The van der Waals surface area contributed by atoms with Crippen LogP contribution in [-0.2, 0) is 17.6 Å². The molecule has 3 rings (SSSR count). The lowest BCUT2D eigenvalue weighted by Gasteiger charge is -2.15. The summed E-state index contributed by atoms with van der Waals surface area (Å²) in [5, 5.41) is 11.2. The SMILES string of the molecule is CCc1ccc(CCOc2ccc(C(O)C3SC(=O)NC3=O)cc2)nc1. The fourth-order valence-corrected chi connectivity index (χ4v) is 3.44. The maximum Gasteiger partial charge on any atom is 0.286 e. The predicted octanol–water partition coefficient (Wildman–Crippen LogP) is 2.65.